The van der Waals surface area contributed by atoms with Crippen molar-refractivity contribution in [2.24, 2.45) is 0 Å². The molecule has 0 radical (unpaired) electrons. The fourth-order valence-electron chi connectivity index (χ4n) is 3.66. The number of carbonyl (C=O) groups is 2. The van der Waals surface area contributed by atoms with E-state index in [2.05, 4.69) is 10.6 Å². The monoisotopic (exact) mass is 380 g/mol. The molecule has 1 heterocycles. The molecule has 6 heteroatoms. The lowest BCUT2D eigenvalue weighted by Crippen LogP contribution is -2.41. The van der Waals surface area contributed by atoms with E-state index in [0.29, 0.717) is 22.7 Å². The highest BCUT2D eigenvalue weighted by molar-refractivity contribution is 6.04. The number of hydrogen-bond donors (Lipinski definition) is 2. The van der Waals surface area contributed by atoms with Crippen LogP contribution in [0.2, 0.25) is 0 Å². The van der Waals surface area contributed by atoms with Gasteiger partial charge in [-0.1, -0.05) is 43.5 Å². The van der Waals surface area contributed by atoms with E-state index >= 15 is 0 Å². The quantitative estimate of drug-likeness (QED) is 0.851. The van der Waals surface area contributed by atoms with Crippen LogP contribution in [-0.2, 0) is 4.79 Å². The van der Waals surface area contributed by atoms with Gasteiger partial charge in [0, 0.05) is 6.04 Å². The predicted octanol–water partition coefficient (Wildman–Crippen LogP) is 3.53. The van der Waals surface area contributed by atoms with Gasteiger partial charge >= 0.3 is 0 Å². The first-order valence-electron chi connectivity index (χ1n) is 9.80. The third-order valence-electron chi connectivity index (χ3n) is 5.17. The number of rotatable bonds is 4. The molecule has 0 aromatic heterocycles. The van der Waals surface area contributed by atoms with Crippen molar-refractivity contribution in [2.45, 2.75) is 44.2 Å². The third kappa shape index (κ3) is 4.11. The largest absolute Gasteiger partial charge is 0.485 e. The number of fused-ring (bicyclic) bond motifs is 1. The summed E-state index contributed by atoms with van der Waals surface area (Å²) in [5.74, 6) is 0.664. The number of hydrogen-bond acceptors (Lipinski definition) is 4. The topological polar surface area (TPSA) is 76.7 Å². The molecule has 2 aromatic carbocycles. The van der Waals surface area contributed by atoms with Gasteiger partial charge in [0.05, 0.1) is 11.3 Å². The Morgan fingerprint density at radius 2 is 1.61 bits per heavy atom. The zero-order valence-electron chi connectivity index (χ0n) is 15.6. The van der Waals surface area contributed by atoms with E-state index in [-0.39, 0.29) is 24.5 Å². The van der Waals surface area contributed by atoms with Crippen molar-refractivity contribution in [3.8, 4) is 11.5 Å². The summed E-state index contributed by atoms with van der Waals surface area (Å²) in [5.41, 5.74) is 0.932. The minimum atomic E-state index is -0.774. The number of anilines is 1. The van der Waals surface area contributed by atoms with Crippen LogP contribution >= 0.6 is 0 Å². The Morgan fingerprint density at radius 3 is 2.43 bits per heavy atom. The Balaban J connectivity index is 1.43. The van der Waals surface area contributed by atoms with Crippen molar-refractivity contribution in [3.05, 3.63) is 54.1 Å². The first-order valence-corrected chi connectivity index (χ1v) is 9.80. The number of para-hydroxylation sites is 3. The highest BCUT2D eigenvalue weighted by Gasteiger charge is 2.28. The lowest BCUT2D eigenvalue weighted by Gasteiger charge is -2.26. The molecule has 28 heavy (non-hydrogen) atoms. The second-order valence-corrected chi connectivity index (χ2v) is 7.21. The fourth-order valence-corrected chi connectivity index (χ4v) is 3.66. The SMILES string of the molecule is O=C(NC1CCCCC1)c1ccccc1NC(=O)[C@H]1COc2ccccc2O1. The van der Waals surface area contributed by atoms with E-state index in [4.69, 9.17) is 9.47 Å². The molecule has 4 rings (SSSR count). The van der Waals surface area contributed by atoms with E-state index in [1.807, 2.05) is 12.1 Å². The maximum absolute atomic E-state index is 12.7. The first-order chi connectivity index (χ1) is 13.7. The predicted molar refractivity (Wildman–Crippen MR) is 106 cm³/mol. The molecular weight excluding hydrogens is 356 g/mol. The van der Waals surface area contributed by atoms with Crippen LogP contribution in [0, 0.1) is 0 Å². The molecule has 1 atom stereocenters. The van der Waals surface area contributed by atoms with Gasteiger partial charge in [0.25, 0.3) is 11.8 Å². The highest BCUT2D eigenvalue weighted by atomic mass is 16.6. The molecule has 146 valence electrons. The summed E-state index contributed by atoms with van der Waals surface area (Å²) in [4.78, 5) is 25.4. The number of ether oxygens (including phenoxy) is 2. The highest BCUT2D eigenvalue weighted by Crippen LogP contribution is 2.31. The van der Waals surface area contributed by atoms with Crippen LogP contribution < -0.4 is 20.1 Å². The van der Waals surface area contributed by atoms with Gasteiger partial charge in [0.2, 0.25) is 6.10 Å². The fraction of sp³-hybridized carbons (Fsp3) is 0.364. The lowest BCUT2D eigenvalue weighted by molar-refractivity contribution is -0.125. The van der Waals surface area contributed by atoms with Gasteiger partial charge in [-0.15, -0.1) is 0 Å². The zero-order chi connectivity index (χ0) is 19.3. The standard InChI is InChI=1S/C22H24N2O4/c25-21(23-15-8-2-1-3-9-15)16-10-4-5-11-17(16)24-22(26)20-14-27-18-12-6-7-13-19(18)28-20/h4-7,10-13,15,20H,1-3,8-9,14H2,(H,23,25)(H,24,26)/t20-/m1/s1. The molecule has 2 N–H and O–H groups in total. The third-order valence-corrected chi connectivity index (χ3v) is 5.17. The maximum Gasteiger partial charge on any atom is 0.269 e. The second kappa shape index (κ2) is 8.33. The second-order valence-electron chi connectivity index (χ2n) is 7.21. The van der Waals surface area contributed by atoms with Crippen molar-refractivity contribution in [2.75, 3.05) is 11.9 Å². The van der Waals surface area contributed by atoms with Gasteiger partial charge in [0.15, 0.2) is 11.5 Å². The van der Waals surface area contributed by atoms with Crippen LogP contribution in [0.5, 0.6) is 11.5 Å². The van der Waals surface area contributed by atoms with Crippen molar-refractivity contribution >= 4 is 17.5 Å². The molecule has 6 nitrogen and oxygen atoms in total. The summed E-state index contributed by atoms with van der Waals surface area (Å²) in [7, 11) is 0. The molecule has 0 spiro atoms. The molecule has 1 saturated carbocycles. The van der Waals surface area contributed by atoms with Gasteiger partial charge in [0.1, 0.15) is 6.61 Å². The molecule has 1 aliphatic heterocycles. The van der Waals surface area contributed by atoms with Crippen molar-refractivity contribution < 1.29 is 19.1 Å². The summed E-state index contributed by atoms with van der Waals surface area (Å²) in [6.45, 7) is 0.124. The Hall–Kier alpha value is -3.02. The van der Waals surface area contributed by atoms with Gasteiger partial charge in [-0.05, 0) is 37.1 Å². The van der Waals surface area contributed by atoms with E-state index in [0.717, 1.165) is 25.7 Å². The summed E-state index contributed by atoms with van der Waals surface area (Å²) in [5, 5.41) is 5.92. The van der Waals surface area contributed by atoms with Crippen LogP contribution in [0.25, 0.3) is 0 Å². The minimum absolute atomic E-state index is 0.124. The average molecular weight is 380 g/mol. The molecule has 0 unspecified atom stereocenters. The summed E-state index contributed by atoms with van der Waals surface area (Å²) >= 11 is 0. The van der Waals surface area contributed by atoms with Crippen LogP contribution in [0.3, 0.4) is 0 Å². The molecule has 2 aliphatic rings. The van der Waals surface area contributed by atoms with E-state index in [1.54, 1.807) is 36.4 Å². The molecule has 2 amide bonds. The average Bonchev–Trinajstić information content (AvgIpc) is 2.74. The summed E-state index contributed by atoms with van der Waals surface area (Å²) < 4.78 is 11.4. The van der Waals surface area contributed by atoms with Crippen LogP contribution in [-0.4, -0.2) is 30.6 Å². The number of amides is 2. The molecular formula is C22H24N2O4. The zero-order valence-corrected chi connectivity index (χ0v) is 15.6. The van der Waals surface area contributed by atoms with Crippen molar-refractivity contribution in [1.29, 1.82) is 0 Å². The number of benzene rings is 2. The maximum atomic E-state index is 12.7. The van der Waals surface area contributed by atoms with Gasteiger partial charge in [-0.3, -0.25) is 9.59 Å². The molecule has 0 bridgehead atoms. The number of carbonyl (C=O) groups excluding carboxylic acids is 2. The first kappa shape index (κ1) is 18.3. The molecule has 1 aliphatic carbocycles. The van der Waals surface area contributed by atoms with E-state index in [9.17, 15) is 9.59 Å². The Kier molecular flexibility index (Phi) is 5.46. The van der Waals surface area contributed by atoms with E-state index < -0.39 is 6.10 Å². The van der Waals surface area contributed by atoms with Crippen molar-refractivity contribution in [1.82, 2.24) is 5.32 Å². The van der Waals surface area contributed by atoms with E-state index in [1.165, 1.54) is 6.42 Å². The van der Waals surface area contributed by atoms with Crippen LogP contribution in [0.15, 0.2) is 48.5 Å². The Morgan fingerprint density at radius 1 is 0.893 bits per heavy atom. The molecule has 2 aromatic rings. The smallest absolute Gasteiger partial charge is 0.269 e. The lowest BCUT2D eigenvalue weighted by atomic mass is 9.95. The molecule has 0 saturated heterocycles. The summed E-state index contributed by atoms with van der Waals surface area (Å²) in [6, 6.07) is 14.5. The van der Waals surface area contributed by atoms with Gasteiger partial charge in [-0.2, -0.15) is 0 Å². The molecule has 1 fully saturated rings. The van der Waals surface area contributed by atoms with Crippen LogP contribution in [0.4, 0.5) is 5.69 Å². The number of nitrogens with one attached hydrogen (secondary N) is 2. The summed E-state index contributed by atoms with van der Waals surface area (Å²) in [6.07, 6.45) is 4.75. The minimum Gasteiger partial charge on any atom is -0.485 e. The normalized spacial score (nSPS) is 18.9. The van der Waals surface area contributed by atoms with Crippen molar-refractivity contribution in [3.63, 3.8) is 0 Å². The Bertz CT molecular complexity index is 861. The van der Waals surface area contributed by atoms with Crippen LogP contribution in [0.1, 0.15) is 42.5 Å². The van der Waals surface area contributed by atoms with Gasteiger partial charge in [-0.25, -0.2) is 0 Å². The van der Waals surface area contributed by atoms with Gasteiger partial charge < -0.3 is 20.1 Å². The Labute approximate surface area is 164 Å².